The van der Waals surface area contributed by atoms with E-state index in [1.165, 1.54) is 347 Å². The van der Waals surface area contributed by atoms with E-state index in [4.69, 9.17) is 4.74 Å². The number of aliphatic hydroxyl groups excluding tert-OH is 2. The molecule has 6 heteroatoms. The van der Waals surface area contributed by atoms with Gasteiger partial charge in [-0.2, -0.15) is 0 Å². The highest BCUT2D eigenvalue weighted by Crippen LogP contribution is 2.19. The van der Waals surface area contributed by atoms with Gasteiger partial charge in [-0.3, -0.25) is 9.59 Å². The van der Waals surface area contributed by atoms with Crippen LogP contribution >= 0.6 is 0 Å². The summed E-state index contributed by atoms with van der Waals surface area (Å²) in [5, 5.41) is 23.1. The SMILES string of the molecule is CCCCCCCC/C=C\CCCCCCCCCC(=O)OCCCCCCCCCCCCCCCCCCCCCCCCCCCCCCCCCCCC(=O)NC(CO)C(O)/C=C/CCCCCCCCCCCCC. The zero-order valence-corrected chi connectivity index (χ0v) is 54.3. The van der Waals surface area contributed by atoms with Crippen molar-refractivity contribution in [3.8, 4) is 0 Å². The molecule has 0 aliphatic heterocycles. The Morgan fingerprint density at radius 3 is 0.887 bits per heavy atom. The van der Waals surface area contributed by atoms with Crippen LogP contribution in [0.5, 0.6) is 0 Å². The van der Waals surface area contributed by atoms with Crippen molar-refractivity contribution in [2.75, 3.05) is 13.2 Å². The van der Waals surface area contributed by atoms with Crippen molar-refractivity contribution in [2.24, 2.45) is 0 Å². The Hall–Kier alpha value is -1.66. The molecule has 2 unspecified atom stereocenters. The van der Waals surface area contributed by atoms with E-state index in [-0.39, 0.29) is 18.5 Å². The Kier molecular flexibility index (Phi) is 68.4. The molecule has 0 rings (SSSR count). The fourth-order valence-corrected chi connectivity index (χ4v) is 11.6. The summed E-state index contributed by atoms with van der Waals surface area (Å²) in [6.07, 6.45) is 88.5. The summed E-state index contributed by atoms with van der Waals surface area (Å²) in [5.74, 6) is -0.0426. The zero-order chi connectivity index (χ0) is 57.8. The molecule has 0 spiro atoms. The van der Waals surface area contributed by atoms with E-state index in [2.05, 4.69) is 31.3 Å². The number of nitrogens with one attached hydrogen (secondary N) is 1. The average Bonchev–Trinajstić information content (AvgIpc) is 3.46. The second kappa shape index (κ2) is 69.8. The lowest BCUT2D eigenvalue weighted by molar-refractivity contribution is -0.143. The number of carbonyl (C=O) groups is 2. The van der Waals surface area contributed by atoms with Gasteiger partial charge in [-0.25, -0.2) is 0 Å². The smallest absolute Gasteiger partial charge is 0.305 e. The second-order valence-electron chi connectivity index (χ2n) is 25.3. The van der Waals surface area contributed by atoms with Gasteiger partial charge in [0, 0.05) is 12.8 Å². The molecule has 2 atom stereocenters. The number of amides is 1. The Bertz CT molecular complexity index is 1250. The molecule has 0 bridgehead atoms. The third-order valence-corrected chi connectivity index (χ3v) is 17.2. The normalized spacial score (nSPS) is 12.6. The second-order valence-corrected chi connectivity index (χ2v) is 25.3. The van der Waals surface area contributed by atoms with Crippen LogP contribution in [-0.2, 0) is 14.3 Å². The minimum atomic E-state index is -0.840. The van der Waals surface area contributed by atoms with E-state index in [1.807, 2.05) is 6.08 Å². The highest BCUT2D eigenvalue weighted by atomic mass is 16.5. The minimum Gasteiger partial charge on any atom is -0.466 e. The molecule has 0 aromatic rings. The van der Waals surface area contributed by atoms with Crippen LogP contribution in [0.25, 0.3) is 0 Å². The van der Waals surface area contributed by atoms with Crippen molar-refractivity contribution >= 4 is 11.9 Å². The van der Waals surface area contributed by atoms with Gasteiger partial charge in [-0.1, -0.05) is 366 Å². The Labute approximate surface area is 501 Å². The molecule has 1 amide bonds. The summed E-state index contributed by atoms with van der Waals surface area (Å²) < 4.78 is 5.51. The third-order valence-electron chi connectivity index (χ3n) is 17.2. The van der Waals surface area contributed by atoms with Crippen molar-refractivity contribution in [1.29, 1.82) is 0 Å². The maximum Gasteiger partial charge on any atom is 0.305 e. The third kappa shape index (κ3) is 65.5. The number of rotatable bonds is 69. The van der Waals surface area contributed by atoms with Crippen molar-refractivity contribution < 1.29 is 24.5 Å². The van der Waals surface area contributed by atoms with Gasteiger partial charge < -0.3 is 20.3 Å². The molecule has 0 radical (unpaired) electrons. The monoisotopic (exact) mass is 1130 g/mol. The van der Waals surface area contributed by atoms with Crippen LogP contribution < -0.4 is 5.32 Å². The largest absolute Gasteiger partial charge is 0.466 e. The van der Waals surface area contributed by atoms with Crippen LogP contribution in [0.15, 0.2) is 24.3 Å². The molecule has 0 saturated heterocycles. The predicted octanol–water partition coefficient (Wildman–Crippen LogP) is 23.7. The predicted molar refractivity (Wildman–Crippen MR) is 352 cm³/mol. The van der Waals surface area contributed by atoms with Crippen LogP contribution in [0, 0.1) is 0 Å². The number of carbonyl (C=O) groups excluding carboxylic acids is 2. The molecule has 0 heterocycles. The van der Waals surface area contributed by atoms with Gasteiger partial charge in [0.15, 0.2) is 0 Å². The summed E-state index contributed by atoms with van der Waals surface area (Å²) in [7, 11) is 0. The van der Waals surface area contributed by atoms with Crippen molar-refractivity contribution in [3.63, 3.8) is 0 Å². The summed E-state index contributed by atoms with van der Waals surface area (Å²) in [6.45, 7) is 4.93. The number of unbranched alkanes of at least 4 members (excludes halogenated alkanes) is 56. The number of ether oxygens (including phenoxy) is 1. The first-order chi connectivity index (χ1) is 39.5. The molecule has 80 heavy (non-hydrogen) atoms. The lowest BCUT2D eigenvalue weighted by atomic mass is 10.0. The van der Waals surface area contributed by atoms with Crippen LogP contribution in [0.1, 0.15) is 412 Å². The van der Waals surface area contributed by atoms with Gasteiger partial charge in [0.25, 0.3) is 0 Å². The van der Waals surface area contributed by atoms with Gasteiger partial charge in [-0.05, 0) is 57.8 Å². The van der Waals surface area contributed by atoms with Crippen LogP contribution in [-0.4, -0.2) is 47.4 Å². The highest BCUT2D eigenvalue weighted by molar-refractivity contribution is 5.76. The Morgan fingerprint density at radius 2 is 0.588 bits per heavy atom. The van der Waals surface area contributed by atoms with Crippen molar-refractivity contribution in [2.45, 2.75) is 424 Å². The van der Waals surface area contributed by atoms with Crippen LogP contribution in [0.4, 0.5) is 0 Å². The first-order valence-corrected chi connectivity index (χ1v) is 36.6. The molecular formula is C74H143NO5. The number of hydrogen-bond donors (Lipinski definition) is 3. The standard InChI is InChI=1S/C74H143NO5/c1-3-5-7-9-11-13-15-17-18-36-40-44-48-52-56-60-64-68-74(79)80-69-65-61-57-53-49-45-41-38-35-33-31-29-27-25-23-21-19-20-22-24-26-28-30-32-34-37-39-43-47-51-55-59-63-67-73(78)75-71(70-76)72(77)66-62-58-54-50-46-42-16-14-12-10-8-6-4-2/h17-18,62,66,71-72,76-77H,3-16,19-61,63-65,67-70H2,1-2H3,(H,75,78)/b18-17-,66-62+. The van der Waals surface area contributed by atoms with Gasteiger partial charge in [-0.15, -0.1) is 0 Å². The first kappa shape index (κ1) is 78.3. The van der Waals surface area contributed by atoms with Gasteiger partial charge >= 0.3 is 5.97 Å². The Balaban J connectivity index is 3.31. The van der Waals surface area contributed by atoms with E-state index in [0.717, 1.165) is 38.5 Å². The zero-order valence-electron chi connectivity index (χ0n) is 54.3. The van der Waals surface area contributed by atoms with Gasteiger partial charge in [0.1, 0.15) is 0 Å². The molecule has 0 aliphatic carbocycles. The maximum atomic E-state index is 12.5. The molecule has 0 aliphatic rings. The Morgan fingerprint density at radius 1 is 0.338 bits per heavy atom. The molecule has 6 nitrogen and oxygen atoms in total. The van der Waals surface area contributed by atoms with Gasteiger partial charge in [0.05, 0.1) is 25.4 Å². The number of esters is 1. The van der Waals surface area contributed by atoms with Crippen LogP contribution in [0.2, 0.25) is 0 Å². The molecule has 0 saturated carbocycles. The maximum absolute atomic E-state index is 12.5. The van der Waals surface area contributed by atoms with E-state index in [9.17, 15) is 19.8 Å². The molecular weight excluding hydrogens is 983 g/mol. The molecule has 0 aromatic heterocycles. The van der Waals surface area contributed by atoms with E-state index < -0.39 is 12.1 Å². The first-order valence-electron chi connectivity index (χ1n) is 36.6. The summed E-state index contributed by atoms with van der Waals surface area (Å²) >= 11 is 0. The summed E-state index contributed by atoms with van der Waals surface area (Å²) in [6, 6.07) is -0.623. The molecule has 474 valence electrons. The molecule has 0 aromatic carbocycles. The van der Waals surface area contributed by atoms with Gasteiger partial charge in [0.2, 0.25) is 5.91 Å². The topological polar surface area (TPSA) is 95.9 Å². The number of allylic oxidation sites excluding steroid dienone is 3. The number of hydrogen-bond acceptors (Lipinski definition) is 5. The average molecular weight is 1130 g/mol. The van der Waals surface area contributed by atoms with E-state index in [0.29, 0.717) is 19.4 Å². The minimum absolute atomic E-state index is 0.0188. The lowest BCUT2D eigenvalue weighted by Gasteiger charge is -2.20. The van der Waals surface area contributed by atoms with Crippen molar-refractivity contribution in [3.05, 3.63) is 24.3 Å². The fourth-order valence-electron chi connectivity index (χ4n) is 11.6. The van der Waals surface area contributed by atoms with Crippen LogP contribution in [0.3, 0.4) is 0 Å². The van der Waals surface area contributed by atoms with E-state index >= 15 is 0 Å². The quantitative estimate of drug-likeness (QED) is 0.0320. The summed E-state index contributed by atoms with van der Waals surface area (Å²) in [5.41, 5.74) is 0. The molecule has 0 fully saturated rings. The highest BCUT2D eigenvalue weighted by Gasteiger charge is 2.18. The number of aliphatic hydroxyl groups is 2. The summed E-state index contributed by atoms with van der Waals surface area (Å²) in [4.78, 5) is 24.6. The van der Waals surface area contributed by atoms with E-state index in [1.54, 1.807) is 6.08 Å². The van der Waals surface area contributed by atoms with Crippen molar-refractivity contribution in [1.82, 2.24) is 5.32 Å². The fraction of sp³-hybridized carbons (Fsp3) is 0.919. The molecule has 3 N–H and O–H groups in total. The lowest BCUT2D eigenvalue weighted by Crippen LogP contribution is -2.45.